The van der Waals surface area contributed by atoms with Crippen LogP contribution in [0.25, 0.3) is 0 Å². The summed E-state index contributed by atoms with van der Waals surface area (Å²) in [6.45, 7) is 13.9. The van der Waals surface area contributed by atoms with Gasteiger partial charge in [0.2, 0.25) is 0 Å². The fourth-order valence-electron chi connectivity index (χ4n) is 1.35. The Kier molecular flexibility index (Phi) is 5.61. The molecule has 0 bridgehead atoms. The van der Waals surface area contributed by atoms with E-state index in [2.05, 4.69) is 6.58 Å². The normalized spacial score (nSPS) is 11.7. The zero-order valence-corrected chi connectivity index (χ0v) is 10.4. The van der Waals surface area contributed by atoms with Crippen LogP contribution in [0.2, 0.25) is 0 Å². The summed E-state index contributed by atoms with van der Waals surface area (Å²) in [6, 6.07) is 0. The van der Waals surface area contributed by atoms with Crippen molar-refractivity contribution >= 4 is 5.71 Å². The van der Waals surface area contributed by atoms with Crippen molar-refractivity contribution in [3.63, 3.8) is 0 Å². The van der Waals surface area contributed by atoms with E-state index in [0.717, 1.165) is 16.7 Å². The molecule has 0 fully saturated rings. The zero-order chi connectivity index (χ0) is 12.0. The molecule has 0 atom stereocenters. The summed E-state index contributed by atoms with van der Waals surface area (Å²) in [5, 5.41) is 7.68. The van der Waals surface area contributed by atoms with Crippen molar-refractivity contribution in [3.05, 3.63) is 47.1 Å². The van der Waals surface area contributed by atoms with Crippen molar-refractivity contribution in [3.8, 4) is 0 Å². The van der Waals surface area contributed by atoms with Crippen LogP contribution in [0.1, 0.15) is 34.6 Å². The molecule has 0 spiro atoms. The zero-order valence-electron chi connectivity index (χ0n) is 10.4. The molecule has 1 N–H and O–H groups in total. The molecule has 0 saturated heterocycles. The molecule has 0 aliphatic carbocycles. The first kappa shape index (κ1) is 13.6. The van der Waals surface area contributed by atoms with Gasteiger partial charge in [-0.05, 0) is 40.2 Å². The third-order valence-electron chi connectivity index (χ3n) is 2.20. The quantitative estimate of drug-likeness (QED) is 0.516. The summed E-state index contributed by atoms with van der Waals surface area (Å²) in [5.41, 5.74) is 4.77. The van der Waals surface area contributed by atoms with E-state index in [1.165, 1.54) is 5.57 Å². The lowest BCUT2D eigenvalue weighted by molar-refractivity contribution is 1.31. The van der Waals surface area contributed by atoms with Crippen LogP contribution in [0.4, 0.5) is 0 Å². The molecule has 0 aromatic carbocycles. The van der Waals surface area contributed by atoms with E-state index in [1.54, 1.807) is 6.92 Å². The average Bonchev–Trinajstić information content (AvgIpc) is 2.12. The van der Waals surface area contributed by atoms with Gasteiger partial charge in [0.1, 0.15) is 0 Å². The van der Waals surface area contributed by atoms with Gasteiger partial charge in [0.05, 0.1) is 0 Å². The van der Waals surface area contributed by atoms with Crippen molar-refractivity contribution < 1.29 is 0 Å². The highest BCUT2D eigenvalue weighted by molar-refractivity contribution is 6.01. The molecule has 0 unspecified atom stereocenters. The molecular weight excluding hydrogens is 182 g/mol. The molecule has 1 heteroatoms. The Morgan fingerprint density at radius 1 is 1.07 bits per heavy atom. The summed E-state index contributed by atoms with van der Waals surface area (Å²) in [7, 11) is 0. The van der Waals surface area contributed by atoms with Gasteiger partial charge in [-0.15, -0.1) is 0 Å². The van der Waals surface area contributed by atoms with E-state index < -0.39 is 0 Å². The van der Waals surface area contributed by atoms with E-state index in [4.69, 9.17) is 5.41 Å². The Labute approximate surface area is 93.4 Å². The Morgan fingerprint density at radius 2 is 1.60 bits per heavy atom. The SMILES string of the molecule is C=C(/C=C\C(C)=C/C)C(C(C)=N)=C(C)C. The summed E-state index contributed by atoms with van der Waals surface area (Å²) in [4.78, 5) is 0. The van der Waals surface area contributed by atoms with E-state index in [9.17, 15) is 0 Å². The third-order valence-corrected chi connectivity index (χ3v) is 2.20. The highest BCUT2D eigenvalue weighted by Gasteiger charge is 2.04. The minimum absolute atomic E-state index is 0.572. The number of allylic oxidation sites excluding steroid dienone is 7. The van der Waals surface area contributed by atoms with E-state index >= 15 is 0 Å². The molecule has 0 radical (unpaired) electrons. The van der Waals surface area contributed by atoms with Crippen LogP contribution in [0.5, 0.6) is 0 Å². The van der Waals surface area contributed by atoms with E-state index in [1.807, 2.05) is 45.9 Å². The van der Waals surface area contributed by atoms with Crippen LogP contribution in [0.3, 0.4) is 0 Å². The highest BCUT2D eigenvalue weighted by atomic mass is 14.4. The first-order valence-electron chi connectivity index (χ1n) is 5.13. The van der Waals surface area contributed by atoms with Crippen LogP contribution in [0.15, 0.2) is 47.1 Å². The average molecular weight is 203 g/mol. The smallest absolute Gasteiger partial charge is 0.0360 e. The van der Waals surface area contributed by atoms with Crippen LogP contribution in [-0.4, -0.2) is 5.71 Å². The molecule has 0 aliphatic rings. The molecular formula is C14H21N. The van der Waals surface area contributed by atoms with Crippen LogP contribution < -0.4 is 0 Å². The van der Waals surface area contributed by atoms with Gasteiger partial charge in [0.25, 0.3) is 0 Å². The second kappa shape index (κ2) is 6.18. The predicted molar refractivity (Wildman–Crippen MR) is 69.5 cm³/mol. The van der Waals surface area contributed by atoms with Gasteiger partial charge < -0.3 is 5.41 Å². The maximum absolute atomic E-state index is 7.68. The van der Waals surface area contributed by atoms with Gasteiger partial charge in [-0.1, -0.05) is 36.0 Å². The Morgan fingerprint density at radius 3 is 1.93 bits per heavy atom. The molecule has 0 aromatic rings. The molecule has 0 rings (SSSR count). The third kappa shape index (κ3) is 4.59. The monoisotopic (exact) mass is 203 g/mol. The molecule has 0 aromatic heterocycles. The van der Waals surface area contributed by atoms with Gasteiger partial charge in [-0.25, -0.2) is 0 Å². The molecule has 0 amide bonds. The molecule has 1 nitrogen and oxygen atoms in total. The predicted octanol–water partition coefficient (Wildman–Crippen LogP) is 4.44. The molecule has 0 saturated carbocycles. The number of rotatable bonds is 4. The summed E-state index contributed by atoms with van der Waals surface area (Å²) < 4.78 is 0. The first-order valence-corrected chi connectivity index (χ1v) is 5.13. The van der Waals surface area contributed by atoms with Crippen molar-refractivity contribution in [2.75, 3.05) is 0 Å². The molecule has 15 heavy (non-hydrogen) atoms. The van der Waals surface area contributed by atoms with Crippen molar-refractivity contribution in [1.82, 2.24) is 0 Å². The van der Waals surface area contributed by atoms with Crippen molar-refractivity contribution in [1.29, 1.82) is 5.41 Å². The second-order valence-corrected chi connectivity index (χ2v) is 3.89. The molecule has 0 aliphatic heterocycles. The maximum Gasteiger partial charge on any atom is 0.0360 e. The van der Waals surface area contributed by atoms with E-state index in [0.29, 0.717) is 5.71 Å². The molecule has 0 heterocycles. The van der Waals surface area contributed by atoms with Crippen LogP contribution >= 0.6 is 0 Å². The largest absolute Gasteiger partial charge is 0.305 e. The summed E-state index contributed by atoms with van der Waals surface area (Å²) >= 11 is 0. The fraction of sp³-hybridized carbons (Fsp3) is 0.357. The topological polar surface area (TPSA) is 23.9 Å². The number of hydrogen-bond acceptors (Lipinski definition) is 1. The number of hydrogen-bond donors (Lipinski definition) is 1. The first-order chi connectivity index (χ1) is 6.90. The van der Waals surface area contributed by atoms with Crippen molar-refractivity contribution in [2.45, 2.75) is 34.6 Å². The van der Waals surface area contributed by atoms with Gasteiger partial charge in [-0.2, -0.15) is 0 Å². The maximum atomic E-state index is 7.68. The Balaban J connectivity index is 4.94. The Bertz CT molecular complexity index is 348. The van der Waals surface area contributed by atoms with Crippen LogP contribution in [-0.2, 0) is 0 Å². The van der Waals surface area contributed by atoms with Crippen molar-refractivity contribution in [2.24, 2.45) is 0 Å². The summed E-state index contributed by atoms with van der Waals surface area (Å²) in [6.07, 6.45) is 6.03. The fourth-order valence-corrected chi connectivity index (χ4v) is 1.35. The lowest BCUT2D eigenvalue weighted by Gasteiger charge is -2.08. The molecule has 82 valence electrons. The lowest BCUT2D eigenvalue weighted by atomic mass is 9.98. The van der Waals surface area contributed by atoms with Gasteiger partial charge in [-0.3, -0.25) is 0 Å². The second-order valence-electron chi connectivity index (χ2n) is 3.89. The standard InChI is InChI=1S/C14H21N/c1-7-11(4)8-9-12(5)14(10(2)3)13(6)15/h7-9,15H,5H2,1-4,6H3/b9-8-,11-7-,15-13?. The number of nitrogens with one attached hydrogen (secondary N) is 1. The van der Waals surface area contributed by atoms with E-state index in [-0.39, 0.29) is 0 Å². The van der Waals surface area contributed by atoms with Gasteiger partial charge in [0, 0.05) is 11.3 Å². The minimum Gasteiger partial charge on any atom is -0.305 e. The summed E-state index contributed by atoms with van der Waals surface area (Å²) in [5.74, 6) is 0. The highest BCUT2D eigenvalue weighted by Crippen LogP contribution is 2.16. The van der Waals surface area contributed by atoms with Crippen LogP contribution in [0, 0.1) is 5.41 Å². The minimum atomic E-state index is 0.572. The van der Waals surface area contributed by atoms with Gasteiger partial charge >= 0.3 is 0 Å². The lowest BCUT2D eigenvalue weighted by Crippen LogP contribution is -1.99. The van der Waals surface area contributed by atoms with Gasteiger partial charge in [0.15, 0.2) is 0 Å². The Hall–Kier alpha value is -1.37.